The fraction of sp³-hybridized carbons (Fsp3) is 0.538. The predicted molar refractivity (Wildman–Crippen MR) is 68.7 cm³/mol. The van der Waals surface area contributed by atoms with Crippen LogP contribution in [0.1, 0.15) is 35.6 Å². The summed E-state index contributed by atoms with van der Waals surface area (Å²) >= 11 is 0. The highest BCUT2D eigenvalue weighted by molar-refractivity contribution is 5.84. The Hall–Kier alpha value is -1.62. The van der Waals surface area contributed by atoms with E-state index in [-0.39, 0.29) is 5.56 Å². The minimum absolute atomic E-state index is 0.0371. The Morgan fingerprint density at radius 2 is 2.17 bits per heavy atom. The summed E-state index contributed by atoms with van der Waals surface area (Å²) in [5.41, 5.74) is 4.26. The van der Waals surface area contributed by atoms with E-state index in [1.165, 1.54) is 29.5 Å². The lowest BCUT2D eigenvalue weighted by Crippen LogP contribution is -2.30. The number of pyridine rings is 1. The number of H-pyrrole nitrogens is 1. The average molecular weight is 244 g/mol. The van der Waals surface area contributed by atoms with Crippen molar-refractivity contribution in [3.8, 4) is 0 Å². The number of aromatic nitrogens is 3. The first-order chi connectivity index (χ1) is 8.75. The number of aryl methyl sites for hydroxylation is 1. The monoisotopic (exact) mass is 244 g/mol. The maximum absolute atomic E-state index is 12.1. The molecule has 0 spiro atoms. The van der Waals surface area contributed by atoms with Gasteiger partial charge in [0.05, 0.1) is 5.69 Å². The molecule has 1 saturated carbocycles. The smallest absolute Gasteiger partial charge is 0.254 e. The zero-order chi connectivity index (χ0) is 12.3. The summed E-state index contributed by atoms with van der Waals surface area (Å²) in [5.74, 6) is 0.610. The molecule has 0 aromatic carbocycles. The van der Waals surface area contributed by atoms with Crippen molar-refractivity contribution in [1.82, 2.24) is 20.1 Å². The molecule has 18 heavy (non-hydrogen) atoms. The van der Waals surface area contributed by atoms with Gasteiger partial charge in [-0.15, -0.1) is 0 Å². The Morgan fingerprint density at radius 1 is 1.33 bits per heavy atom. The van der Waals surface area contributed by atoms with Crippen LogP contribution >= 0.6 is 0 Å². The van der Waals surface area contributed by atoms with E-state index >= 15 is 0 Å². The number of rotatable bonds is 1. The quantitative estimate of drug-likeness (QED) is 0.779. The molecule has 4 rings (SSSR count). The third kappa shape index (κ3) is 1.31. The van der Waals surface area contributed by atoms with Gasteiger partial charge < -0.3 is 10.3 Å². The van der Waals surface area contributed by atoms with Gasteiger partial charge >= 0.3 is 0 Å². The van der Waals surface area contributed by atoms with Gasteiger partial charge in [-0.1, -0.05) is 0 Å². The Bertz CT molecular complexity index is 693. The van der Waals surface area contributed by atoms with E-state index in [4.69, 9.17) is 0 Å². The van der Waals surface area contributed by atoms with Gasteiger partial charge in [-0.05, 0) is 31.4 Å². The van der Waals surface area contributed by atoms with Crippen molar-refractivity contribution < 1.29 is 0 Å². The van der Waals surface area contributed by atoms with Gasteiger partial charge in [0.15, 0.2) is 0 Å². The molecule has 2 aliphatic rings. The molecule has 1 aliphatic carbocycles. The molecular formula is C13H16N4O. The van der Waals surface area contributed by atoms with E-state index in [1.807, 2.05) is 11.7 Å². The minimum atomic E-state index is 0.0371. The second-order valence-electron chi connectivity index (χ2n) is 5.34. The van der Waals surface area contributed by atoms with E-state index in [9.17, 15) is 4.79 Å². The van der Waals surface area contributed by atoms with E-state index in [0.29, 0.717) is 12.5 Å². The molecule has 94 valence electrons. The maximum Gasteiger partial charge on any atom is 0.254 e. The lowest BCUT2D eigenvalue weighted by atomic mass is 9.97. The Morgan fingerprint density at radius 3 is 2.94 bits per heavy atom. The molecule has 0 atom stereocenters. The summed E-state index contributed by atoms with van der Waals surface area (Å²) in [6.07, 6.45) is 3.40. The highest BCUT2D eigenvalue weighted by atomic mass is 16.1. The van der Waals surface area contributed by atoms with E-state index in [0.717, 1.165) is 24.2 Å². The van der Waals surface area contributed by atoms with Gasteiger partial charge in [-0.3, -0.25) is 9.48 Å². The third-order valence-electron chi connectivity index (χ3n) is 4.06. The summed E-state index contributed by atoms with van der Waals surface area (Å²) < 4.78 is 1.83. The lowest BCUT2D eigenvalue weighted by molar-refractivity contribution is 0.640. The first-order valence-electron chi connectivity index (χ1n) is 6.57. The van der Waals surface area contributed by atoms with Crippen LogP contribution in [-0.4, -0.2) is 21.3 Å². The van der Waals surface area contributed by atoms with Crippen molar-refractivity contribution in [2.45, 2.75) is 31.7 Å². The van der Waals surface area contributed by atoms with Crippen molar-refractivity contribution in [3.63, 3.8) is 0 Å². The van der Waals surface area contributed by atoms with Crippen molar-refractivity contribution in [2.75, 3.05) is 6.54 Å². The molecule has 0 radical (unpaired) electrons. The van der Waals surface area contributed by atoms with Crippen LogP contribution in [0.3, 0.4) is 0 Å². The third-order valence-corrected chi connectivity index (χ3v) is 4.06. The molecule has 0 unspecified atom stereocenters. The van der Waals surface area contributed by atoms with Gasteiger partial charge in [0.1, 0.15) is 5.65 Å². The molecule has 2 aromatic rings. The van der Waals surface area contributed by atoms with Crippen molar-refractivity contribution in [2.24, 2.45) is 7.05 Å². The first kappa shape index (κ1) is 10.3. The largest absolute Gasteiger partial charge is 0.312 e. The van der Waals surface area contributed by atoms with Crippen LogP contribution in [0.5, 0.6) is 0 Å². The highest BCUT2D eigenvalue weighted by Crippen LogP contribution is 2.43. The Balaban J connectivity index is 2.12. The van der Waals surface area contributed by atoms with Gasteiger partial charge in [-0.25, -0.2) is 0 Å². The van der Waals surface area contributed by atoms with Crippen LogP contribution in [0.25, 0.3) is 11.0 Å². The summed E-state index contributed by atoms with van der Waals surface area (Å²) in [4.78, 5) is 15.1. The summed E-state index contributed by atoms with van der Waals surface area (Å²) in [7, 11) is 1.91. The molecule has 0 amide bonds. The fourth-order valence-electron chi connectivity index (χ4n) is 2.99. The van der Waals surface area contributed by atoms with Crippen LogP contribution in [0.15, 0.2) is 4.79 Å². The number of hydrogen-bond donors (Lipinski definition) is 2. The average Bonchev–Trinajstić information content (AvgIpc) is 3.16. The Labute approximate surface area is 104 Å². The molecular weight excluding hydrogens is 228 g/mol. The van der Waals surface area contributed by atoms with Gasteiger partial charge in [-0.2, -0.15) is 5.10 Å². The van der Waals surface area contributed by atoms with Gasteiger partial charge in [0.2, 0.25) is 0 Å². The highest BCUT2D eigenvalue weighted by Gasteiger charge is 2.31. The zero-order valence-electron chi connectivity index (χ0n) is 10.4. The van der Waals surface area contributed by atoms with Crippen LogP contribution < -0.4 is 10.9 Å². The van der Waals surface area contributed by atoms with Crippen molar-refractivity contribution >= 4 is 11.0 Å². The van der Waals surface area contributed by atoms with Crippen LogP contribution in [0.2, 0.25) is 0 Å². The molecule has 3 heterocycles. The second kappa shape index (κ2) is 3.45. The summed E-state index contributed by atoms with van der Waals surface area (Å²) in [6, 6.07) is 0. The SMILES string of the molecule is Cn1nc(C2CC2)c2c3c(c(=O)[nH]c21)CNCC3. The fourth-order valence-corrected chi connectivity index (χ4v) is 2.99. The molecule has 2 N–H and O–H groups in total. The number of nitrogens with one attached hydrogen (secondary N) is 2. The molecule has 0 saturated heterocycles. The second-order valence-corrected chi connectivity index (χ2v) is 5.34. The molecule has 5 nitrogen and oxygen atoms in total. The summed E-state index contributed by atoms with van der Waals surface area (Å²) in [6.45, 7) is 1.63. The Kier molecular flexibility index (Phi) is 1.97. The zero-order valence-corrected chi connectivity index (χ0v) is 10.4. The molecule has 0 bridgehead atoms. The number of fused-ring (bicyclic) bond motifs is 3. The number of nitrogens with zero attached hydrogens (tertiary/aromatic N) is 2. The molecule has 1 fully saturated rings. The van der Waals surface area contributed by atoms with Gasteiger partial charge in [0.25, 0.3) is 5.56 Å². The molecule has 1 aliphatic heterocycles. The predicted octanol–water partition coefficient (Wildman–Crippen LogP) is 0.785. The lowest BCUT2D eigenvalue weighted by Gasteiger charge is -2.17. The normalized spacial score (nSPS) is 19.2. The first-order valence-corrected chi connectivity index (χ1v) is 6.57. The van der Waals surface area contributed by atoms with E-state index in [1.54, 1.807) is 0 Å². The van der Waals surface area contributed by atoms with Gasteiger partial charge in [0, 0.05) is 30.5 Å². The van der Waals surface area contributed by atoms with Crippen LogP contribution in [0, 0.1) is 0 Å². The van der Waals surface area contributed by atoms with Crippen molar-refractivity contribution in [3.05, 3.63) is 27.2 Å². The van der Waals surface area contributed by atoms with E-state index < -0.39 is 0 Å². The summed E-state index contributed by atoms with van der Waals surface area (Å²) in [5, 5.41) is 9.12. The maximum atomic E-state index is 12.1. The van der Waals surface area contributed by atoms with E-state index in [2.05, 4.69) is 15.4 Å². The van der Waals surface area contributed by atoms with Crippen LogP contribution in [-0.2, 0) is 20.0 Å². The number of aromatic amines is 1. The molecule has 5 heteroatoms. The minimum Gasteiger partial charge on any atom is -0.312 e. The van der Waals surface area contributed by atoms with Crippen molar-refractivity contribution in [1.29, 1.82) is 0 Å². The standard InChI is InChI=1S/C13H16N4O/c1-17-12-10(11(16-17)7-2-3-7)8-4-5-14-6-9(8)13(18)15-12/h7,14H,2-6H2,1H3,(H,15,18). The number of hydrogen-bond acceptors (Lipinski definition) is 3. The topological polar surface area (TPSA) is 62.7 Å². The molecule has 2 aromatic heterocycles. The van der Waals surface area contributed by atoms with Crippen LogP contribution in [0.4, 0.5) is 0 Å².